The number of hydrogen-bond donors (Lipinski definition) is 2. The second-order valence-electron chi connectivity index (χ2n) is 4.53. The van der Waals surface area contributed by atoms with E-state index < -0.39 is 29.5 Å². The number of cyclic esters (lactones) is 1. The third kappa shape index (κ3) is 2.00. The van der Waals surface area contributed by atoms with Gasteiger partial charge in [0.1, 0.15) is 18.6 Å². The highest BCUT2D eigenvalue weighted by Crippen LogP contribution is 2.30. The Labute approximate surface area is 77.5 Å². The topological polar surface area (TPSA) is 66.8 Å². The molecule has 76 valence electrons. The summed E-state index contributed by atoms with van der Waals surface area (Å²) in [6.07, 6.45) is -1.74. The first-order valence-corrected chi connectivity index (χ1v) is 4.37. The van der Waals surface area contributed by atoms with Crippen molar-refractivity contribution in [1.82, 2.24) is 0 Å². The number of carbonyl (C=O) groups is 1. The van der Waals surface area contributed by atoms with Crippen molar-refractivity contribution in [2.45, 2.75) is 33.0 Å². The van der Waals surface area contributed by atoms with E-state index in [1.165, 1.54) is 0 Å². The van der Waals surface area contributed by atoms with Crippen molar-refractivity contribution in [3.63, 3.8) is 0 Å². The lowest BCUT2D eigenvalue weighted by atomic mass is 9.80. The number of esters is 1. The lowest BCUT2D eigenvalue weighted by Crippen LogP contribution is -2.41. The van der Waals surface area contributed by atoms with Crippen molar-refractivity contribution in [1.29, 1.82) is 0 Å². The largest absolute Gasteiger partial charge is 0.463 e. The van der Waals surface area contributed by atoms with Crippen LogP contribution >= 0.6 is 0 Å². The molecule has 1 fully saturated rings. The summed E-state index contributed by atoms with van der Waals surface area (Å²) in [5.41, 5.74) is -0.422. The minimum absolute atomic E-state index is 0.00333. The summed E-state index contributed by atoms with van der Waals surface area (Å²) in [5.74, 6) is -1.30. The van der Waals surface area contributed by atoms with Crippen LogP contribution in [0.25, 0.3) is 0 Å². The van der Waals surface area contributed by atoms with Crippen LogP contribution in [0.2, 0.25) is 0 Å². The normalized spacial score (nSPS) is 31.6. The molecule has 1 heterocycles. The Hall–Kier alpha value is -0.610. The summed E-state index contributed by atoms with van der Waals surface area (Å²) in [5, 5.41) is 19.2. The maximum absolute atomic E-state index is 11.1. The molecule has 2 N–H and O–H groups in total. The van der Waals surface area contributed by atoms with Crippen LogP contribution in [0.15, 0.2) is 0 Å². The van der Waals surface area contributed by atoms with Crippen LogP contribution < -0.4 is 0 Å². The van der Waals surface area contributed by atoms with Crippen molar-refractivity contribution in [2.75, 3.05) is 6.61 Å². The van der Waals surface area contributed by atoms with Gasteiger partial charge in [0.05, 0.1) is 6.10 Å². The van der Waals surface area contributed by atoms with E-state index in [-0.39, 0.29) is 6.61 Å². The molecule has 3 atom stereocenters. The van der Waals surface area contributed by atoms with Crippen LogP contribution in [0.3, 0.4) is 0 Å². The molecule has 0 spiro atoms. The van der Waals surface area contributed by atoms with Gasteiger partial charge in [0, 0.05) is 0 Å². The summed E-state index contributed by atoms with van der Waals surface area (Å²) in [4.78, 5) is 11.1. The lowest BCUT2D eigenvalue weighted by molar-refractivity contribution is -0.147. The highest BCUT2D eigenvalue weighted by Gasteiger charge is 2.45. The molecule has 0 aliphatic carbocycles. The number of ether oxygens (including phenoxy) is 1. The average molecular weight is 188 g/mol. The van der Waals surface area contributed by atoms with Gasteiger partial charge in [-0.3, -0.25) is 4.79 Å². The Morgan fingerprint density at radius 3 is 2.38 bits per heavy atom. The van der Waals surface area contributed by atoms with Crippen molar-refractivity contribution >= 4 is 5.97 Å². The number of hydrogen-bond acceptors (Lipinski definition) is 4. The number of rotatable bonds is 1. The smallest absolute Gasteiger partial charge is 0.314 e. The molecule has 0 bridgehead atoms. The minimum atomic E-state index is -0.873. The monoisotopic (exact) mass is 188 g/mol. The van der Waals surface area contributed by atoms with Crippen molar-refractivity contribution in [3.05, 3.63) is 0 Å². The van der Waals surface area contributed by atoms with Crippen LogP contribution in [-0.4, -0.2) is 35.0 Å². The second-order valence-corrected chi connectivity index (χ2v) is 4.53. The minimum Gasteiger partial charge on any atom is -0.463 e. The number of carbonyl (C=O) groups excluding carboxylic acids is 1. The molecule has 0 amide bonds. The van der Waals surface area contributed by atoms with E-state index in [2.05, 4.69) is 4.74 Å². The zero-order valence-electron chi connectivity index (χ0n) is 8.15. The van der Waals surface area contributed by atoms with Gasteiger partial charge in [0.15, 0.2) is 0 Å². The molecule has 13 heavy (non-hydrogen) atoms. The van der Waals surface area contributed by atoms with Gasteiger partial charge in [-0.1, -0.05) is 20.8 Å². The molecule has 0 aromatic carbocycles. The van der Waals surface area contributed by atoms with Gasteiger partial charge in [-0.25, -0.2) is 0 Å². The molecule has 0 aromatic heterocycles. The molecular weight excluding hydrogens is 172 g/mol. The van der Waals surface area contributed by atoms with Gasteiger partial charge >= 0.3 is 5.97 Å². The van der Waals surface area contributed by atoms with E-state index in [0.29, 0.717) is 0 Å². The summed E-state index contributed by atoms with van der Waals surface area (Å²) >= 11 is 0. The molecule has 1 saturated heterocycles. The summed E-state index contributed by atoms with van der Waals surface area (Å²) in [6, 6.07) is 0. The van der Waals surface area contributed by atoms with Crippen LogP contribution in [0.5, 0.6) is 0 Å². The first-order chi connectivity index (χ1) is 5.84. The van der Waals surface area contributed by atoms with Crippen molar-refractivity contribution in [3.8, 4) is 0 Å². The molecular formula is C9H16O4. The first kappa shape index (κ1) is 10.5. The van der Waals surface area contributed by atoms with Crippen LogP contribution in [0, 0.1) is 11.3 Å². The van der Waals surface area contributed by atoms with E-state index in [9.17, 15) is 15.0 Å². The Kier molecular flexibility index (Phi) is 2.63. The van der Waals surface area contributed by atoms with E-state index in [1.54, 1.807) is 0 Å². The van der Waals surface area contributed by atoms with Crippen LogP contribution in [0.1, 0.15) is 20.8 Å². The fourth-order valence-corrected chi connectivity index (χ4v) is 1.40. The van der Waals surface area contributed by atoms with E-state index >= 15 is 0 Å². The highest BCUT2D eigenvalue weighted by atomic mass is 16.6. The molecule has 1 aliphatic rings. The Bertz CT molecular complexity index is 206. The molecule has 0 saturated carbocycles. The zero-order chi connectivity index (χ0) is 10.2. The highest BCUT2D eigenvalue weighted by molar-refractivity contribution is 5.76. The number of aliphatic hydroxyl groups excluding tert-OH is 2. The fourth-order valence-electron chi connectivity index (χ4n) is 1.40. The van der Waals surface area contributed by atoms with Gasteiger partial charge in [0.25, 0.3) is 0 Å². The third-order valence-electron chi connectivity index (χ3n) is 2.31. The van der Waals surface area contributed by atoms with E-state index in [1.807, 2.05) is 20.8 Å². The second kappa shape index (κ2) is 3.27. The Balaban J connectivity index is 2.76. The Morgan fingerprint density at radius 2 is 2.08 bits per heavy atom. The van der Waals surface area contributed by atoms with Crippen molar-refractivity contribution in [2.24, 2.45) is 11.3 Å². The van der Waals surface area contributed by atoms with Gasteiger partial charge < -0.3 is 14.9 Å². The van der Waals surface area contributed by atoms with Crippen LogP contribution in [-0.2, 0) is 9.53 Å². The summed E-state index contributed by atoms with van der Waals surface area (Å²) < 4.78 is 4.65. The standard InChI is InChI=1S/C9H16O4/c1-9(2,3)7(11)6-5(10)4-13-8(6)12/h5-7,10-11H,4H2,1-3H3. The third-order valence-corrected chi connectivity index (χ3v) is 2.31. The van der Waals surface area contributed by atoms with Gasteiger partial charge in [0.2, 0.25) is 0 Å². The van der Waals surface area contributed by atoms with Gasteiger partial charge in [-0.2, -0.15) is 0 Å². The predicted molar refractivity (Wildman–Crippen MR) is 45.9 cm³/mol. The van der Waals surface area contributed by atoms with Crippen LogP contribution in [0.4, 0.5) is 0 Å². The molecule has 1 aliphatic heterocycles. The van der Waals surface area contributed by atoms with Gasteiger partial charge in [-0.15, -0.1) is 0 Å². The van der Waals surface area contributed by atoms with Gasteiger partial charge in [-0.05, 0) is 5.41 Å². The zero-order valence-corrected chi connectivity index (χ0v) is 8.15. The molecule has 3 unspecified atom stereocenters. The predicted octanol–water partition coefficient (Wildman–Crippen LogP) is -0.0727. The van der Waals surface area contributed by atoms with Crippen molar-refractivity contribution < 1.29 is 19.7 Å². The summed E-state index contributed by atoms with van der Waals surface area (Å²) in [6.45, 7) is 5.44. The summed E-state index contributed by atoms with van der Waals surface area (Å²) in [7, 11) is 0. The lowest BCUT2D eigenvalue weighted by Gasteiger charge is -2.29. The quantitative estimate of drug-likeness (QED) is 0.565. The Morgan fingerprint density at radius 1 is 1.54 bits per heavy atom. The SMILES string of the molecule is CC(C)(C)C(O)C1C(=O)OCC1O. The molecule has 1 rings (SSSR count). The first-order valence-electron chi connectivity index (χ1n) is 4.37. The molecule has 0 aromatic rings. The van der Waals surface area contributed by atoms with E-state index in [0.717, 1.165) is 0 Å². The average Bonchev–Trinajstić information content (AvgIpc) is 2.28. The number of aliphatic hydroxyl groups is 2. The van der Waals surface area contributed by atoms with E-state index in [4.69, 9.17) is 0 Å². The maximum atomic E-state index is 11.1. The molecule has 0 radical (unpaired) electrons. The maximum Gasteiger partial charge on any atom is 0.314 e. The fraction of sp³-hybridized carbons (Fsp3) is 0.889. The molecule has 4 heteroatoms. The molecule has 4 nitrogen and oxygen atoms in total.